The van der Waals surface area contributed by atoms with Gasteiger partial charge in [0.25, 0.3) is 0 Å². The van der Waals surface area contributed by atoms with Crippen molar-refractivity contribution in [1.82, 2.24) is 14.8 Å². The quantitative estimate of drug-likeness (QED) is 0.859. The molecular formula is C19H29N3O. The van der Waals surface area contributed by atoms with Gasteiger partial charge in [-0.15, -0.1) is 0 Å². The number of carbonyl (C=O) groups excluding carboxylic acids is 1. The molecule has 2 aliphatic heterocycles. The number of hydrogen-bond donors (Lipinski definition) is 0. The van der Waals surface area contributed by atoms with Crippen molar-refractivity contribution in [1.29, 1.82) is 0 Å². The van der Waals surface area contributed by atoms with Gasteiger partial charge in [0.05, 0.1) is 11.7 Å². The molecule has 0 radical (unpaired) electrons. The molecule has 126 valence electrons. The maximum Gasteiger partial charge on any atom is 0.226 e. The third kappa shape index (κ3) is 3.74. The summed E-state index contributed by atoms with van der Waals surface area (Å²) in [5, 5.41) is 0. The normalized spacial score (nSPS) is 24.1. The van der Waals surface area contributed by atoms with Crippen LogP contribution in [0.15, 0.2) is 24.4 Å². The summed E-state index contributed by atoms with van der Waals surface area (Å²) in [5.74, 6) is 0.568. The summed E-state index contributed by atoms with van der Waals surface area (Å²) < 4.78 is 0. The number of aromatic nitrogens is 1. The van der Waals surface area contributed by atoms with Crippen LogP contribution < -0.4 is 0 Å². The molecule has 1 atom stereocenters. The first-order valence-electron chi connectivity index (χ1n) is 9.12. The Kier molecular flexibility index (Phi) is 5.31. The first-order valence-corrected chi connectivity index (χ1v) is 9.12. The molecule has 0 aliphatic carbocycles. The van der Waals surface area contributed by atoms with E-state index >= 15 is 0 Å². The predicted molar refractivity (Wildman–Crippen MR) is 92.0 cm³/mol. The molecule has 2 aliphatic rings. The minimum absolute atomic E-state index is 0.181. The highest BCUT2D eigenvalue weighted by Crippen LogP contribution is 2.32. The maximum atomic E-state index is 13.1. The van der Waals surface area contributed by atoms with Crippen LogP contribution in [0.5, 0.6) is 0 Å². The van der Waals surface area contributed by atoms with E-state index in [1.165, 1.54) is 6.42 Å². The minimum atomic E-state index is 0.181. The largest absolute Gasteiger partial charge is 0.334 e. The lowest BCUT2D eigenvalue weighted by molar-refractivity contribution is -0.141. The number of nitrogens with zero attached hydrogens (tertiary/aromatic N) is 3. The van der Waals surface area contributed by atoms with Crippen LogP contribution in [0.3, 0.4) is 0 Å². The van der Waals surface area contributed by atoms with Crippen LogP contribution in [0.25, 0.3) is 0 Å². The third-order valence-corrected chi connectivity index (χ3v) is 5.42. The average molecular weight is 315 g/mol. The predicted octanol–water partition coefficient (Wildman–Crippen LogP) is 3.26. The second kappa shape index (κ2) is 7.43. The fourth-order valence-electron chi connectivity index (χ4n) is 3.97. The van der Waals surface area contributed by atoms with E-state index in [-0.39, 0.29) is 12.0 Å². The molecule has 4 heteroatoms. The van der Waals surface area contributed by atoms with Gasteiger partial charge in [-0.3, -0.25) is 9.78 Å². The maximum absolute atomic E-state index is 13.1. The van der Waals surface area contributed by atoms with Gasteiger partial charge in [-0.1, -0.05) is 6.07 Å². The first kappa shape index (κ1) is 16.4. The van der Waals surface area contributed by atoms with Gasteiger partial charge >= 0.3 is 0 Å². The van der Waals surface area contributed by atoms with Crippen LogP contribution in [0, 0.1) is 5.92 Å². The molecule has 23 heavy (non-hydrogen) atoms. The fraction of sp³-hybridized carbons (Fsp3) is 0.684. The standard InChI is InChI=1S/C19H29N3O/c1-15(2)21-13-9-16(10-14-21)19(23)22-12-6-4-8-18(22)17-7-3-5-11-20-17/h3,5,7,11,15-16,18H,4,6,8-10,12-14H2,1-2H3. The van der Waals surface area contributed by atoms with Gasteiger partial charge in [-0.2, -0.15) is 0 Å². The Bertz CT molecular complexity index is 509. The van der Waals surface area contributed by atoms with E-state index < -0.39 is 0 Å². The van der Waals surface area contributed by atoms with Crippen molar-refractivity contribution in [2.75, 3.05) is 19.6 Å². The number of pyridine rings is 1. The third-order valence-electron chi connectivity index (χ3n) is 5.42. The first-order chi connectivity index (χ1) is 11.2. The van der Waals surface area contributed by atoms with Crippen LogP contribution in [-0.4, -0.2) is 46.4 Å². The van der Waals surface area contributed by atoms with E-state index in [9.17, 15) is 4.79 Å². The minimum Gasteiger partial charge on any atom is -0.334 e. The molecule has 0 saturated carbocycles. The topological polar surface area (TPSA) is 36.4 Å². The van der Waals surface area contributed by atoms with Gasteiger partial charge in [0.2, 0.25) is 5.91 Å². The van der Waals surface area contributed by atoms with E-state index in [1.807, 2.05) is 18.3 Å². The van der Waals surface area contributed by atoms with E-state index in [0.29, 0.717) is 11.9 Å². The van der Waals surface area contributed by atoms with Crippen molar-refractivity contribution >= 4 is 5.91 Å². The van der Waals surface area contributed by atoms with Crippen molar-refractivity contribution in [3.8, 4) is 0 Å². The Morgan fingerprint density at radius 1 is 1.13 bits per heavy atom. The molecule has 3 rings (SSSR count). The van der Waals surface area contributed by atoms with E-state index in [1.54, 1.807) is 0 Å². The molecule has 0 N–H and O–H groups in total. The van der Waals surface area contributed by atoms with Gasteiger partial charge in [-0.25, -0.2) is 0 Å². The zero-order valence-electron chi connectivity index (χ0n) is 14.4. The molecule has 3 heterocycles. The van der Waals surface area contributed by atoms with E-state index in [2.05, 4.69) is 34.7 Å². The Morgan fingerprint density at radius 2 is 1.91 bits per heavy atom. The van der Waals surface area contributed by atoms with Crippen molar-refractivity contribution in [2.45, 2.75) is 58.0 Å². The zero-order valence-corrected chi connectivity index (χ0v) is 14.4. The van der Waals surface area contributed by atoms with Crippen molar-refractivity contribution in [3.05, 3.63) is 30.1 Å². The molecular weight excluding hydrogens is 286 g/mol. The second-order valence-electron chi connectivity index (χ2n) is 7.20. The zero-order chi connectivity index (χ0) is 16.2. The van der Waals surface area contributed by atoms with Crippen molar-refractivity contribution in [2.24, 2.45) is 5.92 Å². The van der Waals surface area contributed by atoms with Gasteiger partial charge in [0, 0.05) is 24.7 Å². The smallest absolute Gasteiger partial charge is 0.226 e. The highest BCUT2D eigenvalue weighted by Gasteiger charge is 2.34. The highest BCUT2D eigenvalue weighted by molar-refractivity contribution is 5.79. The Labute approximate surface area is 139 Å². The number of likely N-dealkylation sites (tertiary alicyclic amines) is 2. The van der Waals surface area contributed by atoms with Gasteiger partial charge in [0.15, 0.2) is 0 Å². The van der Waals surface area contributed by atoms with E-state index in [0.717, 1.165) is 51.0 Å². The molecule has 1 aromatic heterocycles. The molecule has 0 bridgehead atoms. The number of piperidine rings is 2. The lowest BCUT2D eigenvalue weighted by Crippen LogP contribution is -2.46. The summed E-state index contributed by atoms with van der Waals surface area (Å²) in [6.07, 6.45) is 7.21. The molecule has 0 aromatic carbocycles. The Hall–Kier alpha value is -1.42. The van der Waals surface area contributed by atoms with Crippen LogP contribution in [0.2, 0.25) is 0 Å². The second-order valence-corrected chi connectivity index (χ2v) is 7.20. The molecule has 2 fully saturated rings. The molecule has 1 aromatic rings. The SMILES string of the molecule is CC(C)N1CCC(C(=O)N2CCCCC2c2ccccn2)CC1. The lowest BCUT2D eigenvalue weighted by atomic mass is 9.91. The molecule has 1 unspecified atom stereocenters. The van der Waals surface area contributed by atoms with Gasteiger partial charge in [-0.05, 0) is 71.2 Å². The summed E-state index contributed by atoms with van der Waals surface area (Å²) in [7, 11) is 0. The average Bonchev–Trinajstić information content (AvgIpc) is 2.62. The monoisotopic (exact) mass is 315 g/mol. The Morgan fingerprint density at radius 3 is 2.57 bits per heavy atom. The van der Waals surface area contributed by atoms with Gasteiger partial charge < -0.3 is 9.80 Å². The summed E-state index contributed by atoms with van der Waals surface area (Å²) in [6, 6.07) is 6.81. The van der Waals surface area contributed by atoms with Crippen LogP contribution in [-0.2, 0) is 4.79 Å². The number of amides is 1. The number of rotatable bonds is 3. The summed E-state index contributed by atoms with van der Waals surface area (Å²) >= 11 is 0. The number of hydrogen-bond acceptors (Lipinski definition) is 3. The van der Waals surface area contributed by atoms with Gasteiger partial charge in [0.1, 0.15) is 0 Å². The highest BCUT2D eigenvalue weighted by atomic mass is 16.2. The molecule has 0 spiro atoms. The lowest BCUT2D eigenvalue weighted by Gasteiger charge is -2.40. The summed E-state index contributed by atoms with van der Waals surface area (Å²) in [6.45, 7) is 7.48. The fourth-order valence-corrected chi connectivity index (χ4v) is 3.97. The van der Waals surface area contributed by atoms with Crippen molar-refractivity contribution in [3.63, 3.8) is 0 Å². The summed E-state index contributed by atoms with van der Waals surface area (Å²) in [4.78, 5) is 22.2. The van der Waals surface area contributed by atoms with Crippen LogP contribution >= 0.6 is 0 Å². The Balaban J connectivity index is 1.68. The van der Waals surface area contributed by atoms with Crippen molar-refractivity contribution < 1.29 is 4.79 Å². The van der Waals surface area contributed by atoms with Crippen LogP contribution in [0.1, 0.15) is 57.7 Å². The number of carbonyl (C=O) groups is 1. The van der Waals surface area contributed by atoms with E-state index in [4.69, 9.17) is 0 Å². The molecule has 1 amide bonds. The summed E-state index contributed by atoms with van der Waals surface area (Å²) in [5.41, 5.74) is 1.06. The van der Waals surface area contributed by atoms with Crippen LogP contribution in [0.4, 0.5) is 0 Å². The molecule has 4 nitrogen and oxygen atoms in total. The molecule has 2 saturated heterocycles.